The number of carboxylic acids is 1. The van der Waals surface area contributed by atoms with Gasteiger partial charge in [0.05, 0.1) is 33.2 Å². The Morgan fingerprint density at radius 3 is 2.62 bits per heavy atom. The lowest BCUT2D eigenvalue weighted by molar-refractivity contribution is -0.254. The summed E-state index contributed by atoms with van der Waals surface area (Å²) in [7, 11) is 0. The van der Waals surface area contributed by atoms with Crippen LogP contribution in [0.1, 0.15) is 33.2 Å². The number of hydrogen-bond donors (Lipinski definition) is 1. The van der Waals surface area contributed by atoms with Crippen molar-refractivity contribution in [3.05, 3.63) is 44.9 Å². The van der Waals surface area contributed by atoms with Gasteiger partial charge in [0.2, 0.25) is 5.91 Å². The van der Waals surface area contributed by atoms with Crippen LogP contribution >= 0.6 is 22.9 Å². The molecule has 0 aliphatic rings. The first-order valence-corrected chi connectivity index (χ1v) is 7.33. The number of thiazole rings is 1. The van der Waals surface area contributed by atoms with Gasteiger partial charge in [0, 0.05) is 0 Å². The molecule has 0 bridgehead atoms. The van der Waals surface area contributed by atoms with Crippen LogP contribution in [0.3, 0.4) is 0 Å². The highest BCUT2D eigenvalue weighted by Gasteiger charge is 2.21. The molecular formula is C14H12ClN2O3S-. The van der Waals surface area contributed by atoms with E-state index in [9.17, 15) is 14.7 Å². The number of hydrogen-bond acceptors (Lipinski definition) is 5. The molecule has 21 heavy (non-hydrogen) atoms. The van der Waals surface area contributed by atoms with Crippen molar-refractivity contribution in [1.29, 1.82) is 0 Å². The van der Waals surface area contributed by atoms with Gasteiger partial charge in [-0.25, -0.2) is 4.98 Å². The van der Waals surface area contributed by atoms with Gasteiger partial charge in [0.1, 0.15) is 5.01 Å². The summed E-state index contributed by atoms with van der Waals surface area (Å²) in [5, 5.41) is 14.5. The number of aryl methyl sites for hydroxylation is 1. The van der Waals surface area contributed by atoms with Crippen molar-refractivity contribution >= 4 is 40.5 Å². The maximum Gasteiger partial charge on any atom is 0.234 e. The Bertz CT molecular complexity index is 699. The molecule has 1 amide bonds. The number of nitrogens with one attached hydrogen (secondary N) is 1. The van der Waals surface area contributed by atoms with E-state index in [1.165, 1.54) is 0 Å². The number of amides is 1. The van der Waals surface area contributed by atoms with Gasteiger partial charge in [-0.3, -0.25) is 4.79 Å². The monoisotopic (exact) mass is 323 g/mol. The van der Waals surface area contributed by atoms with E-state index in [-0.39, 0.29) is 10.8 Å². The summed E-state index contributed by atoms with van der Waals surface area (Å²) in [6.45, 7) is 3.23. The number of carbonyl (C=O) groups excluding carboxylic acids is 2. The number of para-hydroxylation sites is 1. The predicted molar refractivity (Wildman–Crippen MR) is 79.7 cm³/mol. The third-order valence-electron chi connectivity index (χ3n) is 2.89. The third kappa shape index (κ3) is 3.40. The second-order valence-electron chi connectivity index (χ2n) is 4.44. The van der Waals surface area contributed by atoms with Crippen LogP contribution in [0.25, 0.3) is 0 Å². The van der Waals surface area contributed by atoms with Gasteiger partial charge in [-0.2, -0.15) is 0 Å². The molecule has 110 valence electrons. The Morgan fingerprint density at radius 1 is 1.38 bits per heavy atom. The maximum atomic E-state index is 12.2. The van der Waals surface area contributed by atoms with E-state index in [4.69, 9.17) is 11.6 Å². The molecule has 0 saturated heterocycles. The Balaban J connectivity index is 2.18. The van der Waals surface area contributed by atoms with E-state index in [1.807, 2.05) is 0 Å². The highest BCUT2D eigenvalue weighted by molar-refractivity contribution is 7.13. The average molecular weight is 324 g/mol. The molecule has 0 unspecified atom stereocenters. The van der Waals surface area contributed by atoms with E-state index in [2.05, 4.69) is 10.3 Å². The van der Waals surface area contributed by atoms with Crippen LogP contribution in [0.2, 0.25) is 5.02 Å². The van der Waals surface area contributed by atoms with Crippen LogP contribution < -0.4 is 10.4 Å². The zero-order chi connectivity index (χ0) is 15.6. The van der Waals surface area contributed by atoms with Gasteiger partial charge in [-0.05, 0) is 26.0 Å². The van der Waals surface area contributed by atoms with Gasteiger partial charge >= 0.3 is 0 Å². The van der Waals surface area contributed by atoms with Crippen molar-refractivity contribution < 1.29 is 14.7 Å². The summed E-state index contributed by atoms with van der Waals surface area (Å²) in [5.41, 5.74) is 0.858. The summed E-state index contributed by atoms with van der Waals surface area (Å²) in [4.78, 5) is 27.3. The zero-order valence-electron chi connectivity index (χ0n) is 11.3. The lowest BCUT2D eigenvalue weighted by Crippen LogP contribution is -2.21. The number of aromatic carboxylic acids is 1. The summed E-state index contributed by atoms with van der Waals surface area (Å²) in [5.74, 6) is -2.17. The Labute approximate surface area is 130 Å². The molecule has 0 spiro atoms. The van der Waals surface area contributed by atoms with E-state index in [0.717, 1.165) is 11.3 Å². The molecular weight excluding hydrogens is 312 g/mol. The number of aromatic nitrogens is 1. The second-order valence-corrected chi connectivity index (χ2v) is 5.88. The molecule has 0 radical (unpaired) electrons. The van der Waals surface area contributed by atoms with Crippen molar-refractivity contribution in [2.45, 2.75) is 19.8 Å². The molecule has 1 heterocycles. The molecule has 0 aliphatic heterocycles. The summed E-state index contributed by atoms with van der Waals surface area (Å²) in [6.07, 6.45) is 0. The fourth-order valence-electron chi connectivity index (χ4n) is 1.71. The smallest absolute Gasteiger partial charge is 0.234 e. The van der Waals surface area contributed by atoms with Crippen molar-refractivity contribution in [3.8, 4) is 0 Å². The van der Waals surface area contributed by atoms with E-state index >= 15 is 0 Å². The Morgan fingerprint density at radius 2 is 2.05 bits per heavy atom. The van der Waals surface area contributed by atoms with Gasteiger partial charge in [-0.1, -0.05) is 23.7 Å². The van der Waals surface area contributed by atoms with E-state index in [0.29, 0.717) is 21.4 Å². The van der Waals surface area contributed by atoms with Crippen LogP contribution in [0.15, 0.2) is 24.3 Å². The summed E-state index contributed by atoms with van der Waals surface area (Å²) in [6, 6.07) is 6.88. The molecule has 0 saturated carbocycles. The van der Waals surface area contributed by atoms with Gasteiger partial charge in [-0.15, -0.1) is 11.3 Å². The minimum atomic E-state index is -1.28. The highest BCUT2D eigenvalue weighted by Crippen LogP contribution is 2.27. The standard InChI is InChI=1S/C14H13ClN2O3S/c1-7(13-16-8(2)11(21-13)14(19)20)12(18)17-10-6-4-3-5-9(10)15/h3-7H,1-2H3,(H,17,18)(H,19,20)/p-1/t7-/m1/s1. The van der Waals surface area contributed by atoms with Crippen LogP contribution in [0.4, 0.5) is 5.69 Å². The number of rotatable bonds is 4. The van der Waals surface area contributed by atoms with Gasteiger partial charge < -0.3 is 15.2 Å². The number of anilines is 1. The molecule has 0 aliphatic carbocycles. The quantitative estimate of drug-likeness (QED) is 0.935. The minimum Gasteiger partial charge on any atom is -0.544 e. The lowest BCUT2D eigenvalue weighted by Gasteiger charge is -2.10. The maximum absolute atomic E-state index is 12.2. The fraction of sp³-hybridized carbons (Fsp3) is 0.214. The van der Waals surface area contributed by atoms with E-state index < -0.39 is 11.9 Å². The minimum absolute atomic E-state index is 0.0439. The summed E-state index contributed by atoms with van der Waals surface area (Å²) < 4.78 is 0. The molecule has 0 fully saturated rings. The summed E-state index contributed by atoms with van der Waals surface area (Å²) >= 11 is 6.93. The van der Waals surface area contributed by atoms with Gasteiger partial charge in [0.25, 0.3) is 0 Å². The first kappa shape index (κ1) is 15.5. The average Bonchev–Trinajstić information content (AvgIpc) is 2.82. The number of nitrogens with zero attached hydrogens (tertiary/aromatic N) is 1. The molecule has 2 aromatic rings. The molecule has 5 nitrogen and oxygen atoms in total. The normalized spacial score (nSPS) is 12.0. The SMILES string of the molecule is Cc1nc([C@H](C)C(=O)Nc2ccccc2Cl)sc1C(=O)[O-]. The van der Waals surface area contributed by atoms with Crippen molar-refractivity contribution in [2.24, 2.45) is 0 Å². The first-order valence-electron chi connectivity index (χ1n) is 6.14. The number of benzene rings is 1. The molecule has 2 rings (SSSR count). The molecule has 1 N–H and O–H groups in total. The van der Waals surface area contributed by atoms with Crippen LogP contribution in [0.5, 0.6) is 0 Å². The van der Waals surface area contributed by atoms with Crippen molar-refractivity contribution in [2.75, 3.05) is 5.32 Å². The topological polar surface area (TPSA) is 82.1 Å². The number of halogens is 1. The molecule has 7 heteroatoms. The molecule has 1 atom stereocenters. The van der Waals surface area contributed by atoms with E-state index in [1.54, 1.807) is 38.1 Å². The Kier molecular flexibility index (Phi) is 4.59. The van der Waals surface area contributed by atoms with Crippen LogP contribution in [0, 0.1) is 6.92 Å². The second kappa shape index (κ2) is 6.24. The molecule has 1 aromatic heterocycles. The van der Waals surface area contributed by atoms with Crippen LogP contribution in [-0.2, 0) is 4.79 Å². The van der Waals surface area contributed by atoms with Crippen molar-refractivity contribution in [3.63, 3.8) is 0 Å². The lowest BCUT2D eigenvalue weighted by atomic mass is 10.1. The number of carboxylic acid groups (broad SMARTS) is 1. The van der Waals surface area contributed by atoms with Crippen LogP contribution in [-0.4, -0.2) is 16.9 Å². The largest absolute Gasteiger partial charge is 0.544 e. The van der Waals surface area contributed by atoms with Gasteiger partial charge in [0.15, 0.2) is 0 Å². The highest BCUT2D eigenvalue weighted by atomic mass is 35.5. The zero-order valence-corrected chi connectivity index (χ0v) is 12.9. The fourth-order valence-corrected chi connectivity index (χ4v) is 2.84. The van der Waals surface area contributed by atoms with Crippen molar-refractivity contribution in [1.82, 2.24) is 4.98 Å². The number of carbonyl (C=O) groups is 2. The predicted octanol–water partition coefficient (Wildman–Crippen LogP) is 2.21. The first-order chi connectivity index (χ1) is 9.90. The molecule has 1 aromatic carbocycles. The third-order valence-corrected chi connectivity index (χ3v) is 4.54. The Hall–Kier alpha value is -1.92.